The van der Waals surface area contributed by atoms with Gasteiger partial charge in [-0.15, -0.1) is 0 Å². The number of hydrogen-bond donors (Lipinski definition) is 1. The van der Waals surface area contributed by atoms with Gasteiger partial charge in [0.25, 0.3) is 0 Å². The van der Waals surface area contributed by atoms with Gasteiger partial charge in [-0.3, -0.25) is 0 Å². The third-order valence-corrected chi connectivity index (χ3v) is 4.75. The second-order valence-corrected chi connectivity index (χ2v) is 6.75. The van der Waals surface area contributed by atoms with Crippen molar-refractivity contribution in [3.63, 3.8) is 0 Å². The van der Waals surface area contributed by atoms with Gasteiger partial charge >= 0.3 is 6.03 Å². The quantitative estimate of drug-likeness (QED) is 0.862. The van der Waals surface area contributed by atoms with E-state index >= 15 is 0 Å². The SMILES string of the molecule is CCN(Cc1nc(-c2ccc(Cl)cc2)no1)C(=O)NC1CCCCC1. The highest BCUT2D eigenvalue weighted by atomic mass is 35.5. The Morgan fingerprint density at radius 3 is 2.68 bits per heavy atom. The molecule has 0 atom stereocenters. The van der Waals surface area contributed by atoms with Crippen molar-refractivity contribution >= 4 is 17.6 Å². The third kappa shape index (κ3) is 4.72. The number of hydrogen-bond acceptors (Lipinski definition) is 4. The first kappa shape index (κ1) is 17.7. The van der Waals surface area contributed by atoms with Crippen molar-refractivity contribution in [2.24, 2.45) is 0 Å². The van der Waals surface area contributed by atoms with E-state index in [1.54, 1.807) is 17.0 Å². The number of nitrogens with zero attached hydrogens (tertiary/aromatic N) is 3. The average molecular weight is 363 g/mol. The topological polar surface area (TPSA) is 71.3 Å². The van der Waals surface area contributed by atoms with Crippen molar-refractivity contribution in [2.45, 2.75) is 51.6 Å². The van der Waals surface area contributed by atoms with Gasteiger partial charge < -0.3 is 14.7 Å². The molecule has 6 nitrogen and oxygen atoms in total. The minimum absolute atomic E-state index is 0.0688. The first-order valence-corrected chi connectivity index (χ1v) is 9.17. The predicted molar refractivity (Wildman–Crippen MR) is 96.2 cm³/mol. The van der Waals surface area contributed by atoms with Crippen LogP contribution in [-0.4, -0.2) is 33.7 Å². The largest absolute Gasteiger partial charge is 0.337 e. The lowest BCUT2D eigenvalue weighted by Gasteiger charge is -2.26. The number of nitrogens with one attached hydrogen (secondary N) is 1. The Morgan fingerprint density at radius 1 is 1.28 bits per heavy atom. The molecule has 1 N–H and O–H groups in total. The van der Waals surface area contributed by atoms with Crippen LogP contribution in [0.2, 0.25) is 5.02 Å². The monoisotopic (exact) mass is 362 g/mol. The summed E-state index contributed by atoms with van der Waals surface area (Å²) in [5.74, 6) is 0.918. The van der Waals surface area contributed by atoms with Gasteiger partial charge in [-0.1, -0.05) is 36.0 Å². The van der Waals surface area contributed by atoms with E-state index in [9.17, 15) is 4.79 Å². The molecule has 0 saturated heterocycles. The Morgan fingerprint density at radius 2 is 2.00 bits per heavy atom. The van der Waals surface area contributed by atoms with Crippen molar-refractivity contribution in [3.8, 4) is 11.4 Å². The van der Waals surface area contributed by atoms with Crippen LogP contribution in [0, 0.1) is 0 Å². The highest BCUT2D eigenvalue weighted by molar-refractivity contribution is 6.30. The summed E-state index contributed by atoms with van der Waals surface area (Å²) in [5.41, 5.74) is 0.828. The fraction of sp³-hybridized carbons (Fsp3) is 0.500. The maximum atomic E-state index is 12.5. The Labute approximate surface area is 152 Å². The Balaban J connectivity index is 1.61. The van der Waals surface area contributed by atoms with E-state index in [1.165, 1.54) is 19.3 Å². The molecule has 7 heteroatoms. The number of benzene rings is 1. The lowest BCUT2D eigenvalue weighted by Crippen LogP contribution is -2.45. The van der Waals surface area contributed by atoms with Crippen molar-refractivity contribution < 1.29 is 9.32 Å². The van der Waals surface area contributed by atoms with Gasteiger partial charge in [0, 0.05) is 23.2 Å². The molecule has 1 fully saturated rings. The Kier molecular flexibility index (Phi) is 5.91. The molecule has 1 aliphatic rings. The number of carbonyl (C=O) groups is 1. The lowest BCUT2D eigenvalue weighted by molar-refractivity contribution is 0.182. The Bertz CT molecular complexity index is 695. The van der Waals surface area contributed by atoms with Crippen LogP contribution in [0.4, 0.5) is 4.79 Å². The normalized spacial score (nSPS) is 15.1. The maximum Gasteiger partial charge on any atom is 0.318 e. The second kappa shape index (κ2) is 8.34. The highest BCUT2D eigenvalue weighted by Crippen LogP contribution is 2.20. The summed E-state index contributed by atoms with van der Waals surface area (Å²) in [5, 5.41) is 7.76. The lowest BCUT2D eigenvalue weighted by atomic mass is 9.96. The van der Waals surface area contributed by atoms with E-state index in [0.29, 0.717) is 29.8 Å². The van der Waals surface area contributed by atoms with Gasteiger partial charge in [0.2, 0.25) is 11.7 Å². The molecule has 0 bridgehead atoms. The molecule has 0 radical (unpaired) electrons. The zero-order valence-electron chi connectivity index (χ0n) is 14.4. The molecule has 134 valence electrons. The van der Waals surface area contributed by atoms with E-state index in [0.717, 1.165) is 18.4 Å². The number of carbonyl (C=O) groups excluding carboxylic acids is 1. The van der Waals surface area contributed by atoms with Gasteiger partial charge in [0.05, 0.1) is 0 Å². The Hall–Kier alpha value is -2.08. The average Bonchev–Trinajstić information content (AvgIpc) is 3.09. The van der Waals surface area contributed by atoms with E-state index in [4.69, 9.17) is 16.1 Å². The molecule has 2 amide bonds. The number of urea groups is 1. The molecular weight excluding hydrogens is 340 g/mol. The minimum Gasteiger partial charge on any atom is -0.337 e. The third-order valence-electron chi connectivity index (χ3n) is 4.50. The fourth-order valence-corrected chi connectivity index (χ4v) is 3.16. The summed E-state index contributed by atoms with van der Waals surface area (Å²) in [7, 11) is 0. The van der Waals surface area contributed by atoms with Crippen molar-refractivity contribution in [3.05, 3.63) is 35.2 Å². The van der Waals surface area contributed by atoms with Gasteiger partial charge in [0.1, 0.15) is 6.54 Å². The molecule has 2 aromatic rings. The molecule has 1 saturated carbocycles. The summed E-state index contributed by atoms with van der Waals surface area (Å²) in [4.78, 5) is 18.5. The van der Waals surface area contributed by atoms with Crippen LogP contribution >= 0.6 is 11.6 Å². The standard InChI is InChI=1S/C18H23ClN4O2/c1-2-23(18(24)20-15-6-4-3-5-7-15)12-16-21-17(22-25-16)13-8-10-14(19)11-9-13/h8-11,15H,2-7,12H2,1H3,(H,20,24). The summed E-state index contributed by atoms with van der Waals surface area (Å²) in [6.45, 7) is 2.82. The predicted octanol–water partition coefficient (Wildman–Crippen LogP) is 4.25. The summed E-state index contributed by atoms with van der Waals surface area (Å²) in [6.07, 6.45) is 5.75. The zero-order chi connectivity index (χ0) is 17.6. The molecule has 1 heterocycles. The van der Waals surface area contributed by atoms with Crippen LogP contribution in [-0.2, 0) is 6.54 Å². The summed E-state index contributed by atoms with van der Waals surface area (Å²) >= 11 is 5.89. The van der Waals surface area contributed by atoms with Crippen LogP contribution in [0.1, 0.15) is 44.9 Å². The molecule has 25 heavy (non-hydrogen) atoms. The van der Waals surface area contributed by atoms with Crippen molar-refractivity contribution in [1.82, 2.24) is 20.4 Å². The van der Waals surface area contributed by atoms with Gasteiger partial charge in [-0.05, 0) is 44.0 Å². The molecule has 1 aromatic heterocycles. The number of amides is 2. The van der Waals surface area contributed by atoms with E-state index in [1.807, 2.05) is 19.1 Å². The van der Waals surface area contributed by atoms with Crippen LogP contribution in [0.25, 0.3) is 11.4 Å². The van der Waals surface area contributed by atoms with E-state index in [-0.39, 0.29) is 12.1 Å². The fourth-order valence-electron chi connectivity index (χ4n) is 3.04. The first-order valence-electron chi connectivity index (χ1n) is 8.79. The molecular formula is C18H23ClN4O2. The molecule has 1 aliphatic carbocycles. The van der Waals surface area contributed by atoms with Crippen molar-refractivity contribution in [2.75, 3.05) is 6.54 Å². The number of aromatic nitrogens is 2. The molecule has 0 aliphatic heterocycles. The maximum absolute atomic E-state index is 12.5. The highest BCUT2D eigenvalue weighted by Gasteiger charge is 2.21. The smallest absolute Gasteiger partial charge is 0.318 e. The van der Waals surface area contributed by atoms with Crippen LogP contribution in [0.15, 0.2) is 28.8 Å². The summed E-state index contributed by atoms with van der Waals surface area (Å²) < 4.78 is 5.31. The summed E-state index contributed by atoms with van der Waals surface area (Å²) in [6, 6.07) is 7.45. The van der Waals surface area contributed by atoms with Gasteiger partial charge in [-0.2, -0.15) is 4.98 Å². The van der Waals surface area contributed by atoms with E-state index in [2.05, 4.69) is 15.5 Å². The molecule has 3 rings (SSSR count). The van der Waals surface area contributed by atoms with Gasteiger partial charge in [0.15, 0.2) is 0 Å². The molecule has 1 aromatic carbocycles. The minimum atomic E-state index is -0.0688. The van der Waals surface area contributed by atoms with Crippen LogP contribution < -0.4 is 5.32 Å². The first-order chi connectivity index (χ1) is 12.2. The van der Waals surface area contributed by atoms with E-state index < -0.39 is 0 Å². The van der Waals surface area contributed by atoms with Gasteiger partial charge in [-0.25, -0.2) is 4.79 Å². The second-order valence-electron chi connectivity index (χ2n) is 6.32. The van der Waals surface area contributed by atoms with Crippen molar-refractivity contribution in [1.29, 1.82) is 0 Å². The number of halogens is 1. The molecule has 0 unspecified atom stereocenters. The molecule has 0 spiro atoms. The van der Waals surface area contributed by atoms with Crippen LogP contribution in [0.3, 0.4) is 0 Å². The van der Waals surface area contributed by atoms with Crippen LogP contribution in [0.5, 0.6) is 0 Å². The zero-order valence-corrected chi connectivity index (χ0v) is 15.1. The number of rotatable bonds is 5.